The molecule has 0 spiro atoms. The minimum absolute atomic E-state index is 0.223. The van der Waals surface area contributed by atoms with Crippen molar-refractivity contribution >= 4 is 6.21 Å². The van der Waals surface area contributed by atoms with Crippen LogP contribution >= 0.6 is 0 Å². The van der Waals surface area contributed by atoms with Crippen molar-refractivity contribution in [1.29, 1.82) is 0 Å². The summed E-state index contributed by atoms with van der Waals surface area (Å²) in [5.74, 6) is 0.429. The number of rotatable bonds is 2. The van der Waals surface area contributed by atoms with Crippen LogP contribution in [0, 0.1) is 5.92 Å². The lowest BCUT2D eigenvalue weighted by Gasteiger charge is -2.23. The van der Waals surface area contributed by atoms with E-state index in [0.717, 1.165) is 6.42 Å². The Balaban J connectivity index is 2.10. The number of nitrogens with one attached hydrogen (secondary N) is 1. The molecule has 3 heteroatoms. The Morgan fingerprint density at radius 2 is 2.54 bits per heavy atom. The van der Waals surface area contributed by atoms with Crippen molar-refractivity contribution in [2.45, 2.75) is 25.4 Å². The standard InChI is InChI=1S/C10H15N3/c1-7(11)5-8-3-2-4-9-6-12-13-10(8)9/h2-4,6-7,9-10,13H,5,11H2,1H3. The third kappa shape index (κ3) is 1.65. The van der Waals surface area contributed by atoms with Crippen LogP contribution in [0.1, 0.15) is 13.3 Å². The Hall–Kier alpha value is -1.09. The molecule has 0 saturated heterocycles. The normalized spacial score (nSPS) is 32.3. The van der Waals surface area contributed by atoms with Gasteiger partial charge in [0.1, 0.15) is 0 Å². The zero-order valence-corrected chi connectivity index (χ0v) is 7.77. The van der Waals surface area contributed by atoms with E-state index in [9.17, 15) is 0 Å². The summed E-state index contributed by atoms with van der Waals surface area (Å²) in [6.07, 6.45) is 9.31. The van der Waals surface area contributed by atoms with E-state index in [1.165, 1.54) is 5.57 Å². The van der Waals surface area contributed by atoms with Crippen LogP contribution < -0.4 is 11.2 Å². The Morgan fingerprint density at radius 3 is 3.31 bits per heavy atom. The van der Waals surface area contributed by atoms with Crippen LogP contribution in [-0.2, 0) is 0 Å². The predicted octanol–water partition coefficient (Wildman–Crippen LogP) is 0.794. The molecule has 0 radical (unpaired) electrons. The van der Waals surface area contributed by atoms with Crippen LogP contribution in [0.25, 0.3) is 0 Å². The summed E-state index contributed by atoms with van der Waals surface area (Å²) in [5, 5.41) is 4.08. The van der Waals surface area contributed by atoms with Crippen LogP contribution in [0.15, 0.2) is 28.9 Å². The number of hydrazone groups is 1. The molecule has 3 nitrogen and oxygen atoms in total. The van der Waals surface area contributed by atoms with Crippen LogP contribution in [0.4, 0.5) is 0 Å². The zero-order chi connectivity index (χ0) is 9.26. The first kappa shape index (κ1) is 8.51. The number of nitrogens with zero attached hydrogens (tertiary/aromatic N) is 1. The second-order valence-electron chi connectivity index (χ2n) is 3.77. The van der Waals surface area contributed by atoms with Crippen molar-refractivity contribution in [1.82, 2.24) is 5.43 Å². The lowest BCUT2D eigenvalue weighted by Crippen LogP contribution is -2.32. The average Bonchev–Trinajstić information content (AvgIpc) is 2.51. The van der Waals surface area contributed by atoms with Crippen LogP contribution in [0.5, 0.6) is 0 Å². The predicted molar refractivity (Wildman–Crippen MR) is 54.4 cm³/mol. The van der Waals surface area contributed by atoms with Crippen molar-refractivity contribution in [2.24, 2.45) is 16.8 Å². The van der Waals surface area contributed by atoms with Crippen molar-refractivity contribution in [3.8, 4) is 0 Å². The van der Waals surface area contributed by atoms with E-state index in [-0.39, 0.29) is 6.04 Å². The van der Waals surface area contributed by atoms with Gasteiger partial charge in [-0.05, 0) is 18.9 Å². The zero-order valence-electron chi connectivity index (χ0n) is 7.77. The van der Waals surface area contributed by atoms with Gasteiger partial charge in [-0.2, -0.15) is 5.10 Å². The molecule has 3 atom stereocenters. The molecule has 2 rings (SSSR count). The van der Waals surface area contributed by atoms with E-state index < -0.39 is 0 Å². The quantitative estimate of drug-likeness (QED) is 0.655. The van der Waals surface area contributed by atoms with Crippen LogP contribution in [0.2, 0.25) is 0 Å². The average molecular weight is 177 g/mol. The summed E-state index contributed by atoms with van der Waals surface area (Å²) in [4.78, 5) is 0. The summed E-state index contributed by atoms with van der Waals surface area (Å²) in [7, 11) is 0. The van der Waals surface area contributed by atoms with Gasteiger partial charge in [-0.15, -0.1) is 0 Å². The Kier molecular flexibility index (Phi) is 2.19. The molecule has 0 bridgehead atoms. The maximum absolute atomic E-state index is 5.77. The Bertz CT molecular complexity index is 276. The fraction of sp³-hybridized carbons (Fsp3) is 0.500. The highest BCUT2D eigenvalue weighted by Crippen LogP contribution is 2.24. The molecule has 0 saturated carbocycles. The molecule has 0 aromatic rings. The number of hydrogen-bond donors (Lipinski definition) is 2. The molecule has 0 aromatic heterocycles. The van der Waals surface area contributed by atoms with E-state index in [0.29, 0.717) is 12.0 Å². The van der Waals surface area contributed by atoms with Gasteiger partial charge in [0.15, 0.2) is 0 Å². The maximum atomic E-state index is 5.77. The van der Waals surface area contributed by atoms with E-state index in [1.54, 1.807) is 0 Å². The summed E-state index contributed by atoms with van der Waals surface area (Å²) >= 11 is 0. The summed E-state index contributed by atoms with van der Waals surface area (Å²) < 4.78 is 0. The highest BCUT2D eigenvalue weighted by molar-refractivity contribution is 5.68. The van der Waals surface area contributed by atoms with Crippen LogP contribution in [-0.4, -0.2) is 18.3 Å². The van der Waals surface area contributed by atoms with Gasteiger partial charge >= 0.3 is 0 Å². The number of allylic oxidation sites excluding steroid dienone is 2. The second kappa shape index (κ2) is 3.34. The molecule has 0 aromatic carbocycles. The minimum atomic E-state index is 0.223. The van der Waals surface area contributed by atoms with E-state index in [4.69, 9.17) is 5.73 Å². The summed E-state index contributed by atoms with van der Waals surface area (Å²) in [6, 6.07) is 0.580. The first-order chi connectivity index (χ1) is 6.27. The minimum Gasteiger partial charge on any atom is -0.328 e. The Labute approximate surface area is 78.4 Å². The van der Waals surface area contributed by atoms with E-state index in [2.05, 4.69) is 28.8 Å². The molecule has 2 aliphatic rings. The van der Waals surface area contributed by atoms with Gasteiger partial charge in [-0.1, -0.05) is 18.2 Å². The molecular weight excluding hydrogens is 162 g/mol. The largest absolute Gasteiger partial charge is 0.328 e. The topological polar surface area (TPSA) is 50.4 Å². The number of hydrogen-bond acceptors (Lipinski definition) is 3. The third-order valence-electron chi connectivity index (χ3n) is 2.45. The molecule has 13 heavy (non-hydrogen) atoms. The number of nitrogens with two attached hydrogens (primary N) is 1. The second-order valence-corrected chi connectivity index (χ2v) is 3.77. The van der Waals surface area contributed by atoms with Crippen molar-refractivity contribution < 1.29 is 0 Å². The fourth-order valence-corrected chi connectivity index (χ4v) is 1.85. The van der Waals surface area contributed by atoms with E-state index in [1.807, 2.05) is 13.1 Å². The third-order valence-corrected chi connectivity index (χ3v) is 2.45. The molecule has 0 fully saturated rings. The van der Waals surface area contributed by atoms with Crippen molar-refractivity contribution in [2.75, 3.05) is 0 Å². The first-order valence-electron chi connectivity index (χ1n) is 4.69. The van der Waals surface area contributed by atoms with Gasteiger partial charge in [0, 0.05) is 18.2 Å². The van der Waals surface area contributed by atoms with Crippen molar-refractivity contribution in [3.05, 3.63) is 23.8 Å². The number of fused-ring (bicyclic) bond motifs is 1. The molecule has 70 valence electrons. The molecular formula is C10H15N3. The fourth-order valence-electron chi connectivity index (χ4n) is 1.85. The summed E-state index contributed by atoms with van der Waals surface area (Å²) in [5.41, 5.74) is 10.2. The van der Waals surface area contributed by atoms with Gasteiger partial charge in [-0.3, -0.25) is 0 Å². The Morgan fingerprint density at radius 1 is 1.69 bits per heavy atom. The van der Waals surface area contributed by atoms with E-state index >= 15 is 0 Å². The van der Waals surface area contributed by atoms with Crippen LogP contribution in [0.3, 0.4) is 0 Å². The van der Waals surface area contributed by atoms with Gasteiger partial charge in [0.05, 0.1) is 6.04 Å². The van der Waals surface area contributed by atoms with Gasteiger partial charge in [0.2, 0.25) is 0 Å². The highest BCUT2D eigenvalue weighted by Gasteiger charge is 2.27. The smallest absolute Gasteiger partial charge is 0.0766 e. The molecule has 1 aliphatic heterocycles. The molecule has 3 unspecified atom stereocenters. The van der Waals surface area contributed by atoms with Crippen molar-refractivity contribution in [3.63, 3.8) is 0 Å². The highest BCUT2D eigenvalue weighted by atomic mass is 15.3. The SMILES string of the molecule is CC(N)CC1=CC=CC2C=NNC12. The molecule has 3 N–H and O–H groups in total. The van der Waals surface area contributed by atoms with Gasteiger partial charge < -0.3 is 11.2 Å². The maximum Gasteiger partial charge on any atom is 0.0766 e. The monoisotopic (exact) mass is 177 g/mol. The van der Waals surface area contributed by atoms with Gasteiger partial charge in [-0.25, -0.2) is 0 Å². The first-order valence-corrected chi connectivity index (χ1v) is 4.69. The lowest BCUT2D eigenvalue weighted by molar-refractivity contribution is 0.552. The lowest BCUT2D eigenvalue weighted by atomic mass is 9.87. The van der Waals surface area contributed by atoms with Gasteiger partial charge in [0.25, 0.3) is 0 Å². The molecule has 1 aliphatic carbocycles. The summed E-state index contributed by atoms with van der Waals surface area (Å²) in [6.45, 7) is 2.03. The molecule has 1 heterocycles. The molecule has 0 amide bonds.